The molecule has 33 heteroatoms. The van der Waals surface area contributed by atoms with Crippen LogP contribution in [0.4, 0.5) is 16.4 Å². The molecule has 10 heterocycles. The van der Waals surface area contributed by atoms with Gasteiger partial charge in [-0.2, -0.15) is 0 Å². The maximum absolute atomic E-state index is 12.7. The Hall–Kier alpha value is -8.15. The molecule has 0 atom stereocenters. The average Bonchev–Trinajstić information content (AvgIpc) is 4.12. The van der Waals surface area contributed by atoms with E-state index in [9.17, 15) is 28.8 Å². The van der Waals surface area contributed by atoms with E-state index in [0.29, 0.717) is 113 Å². The highest BCUT2D eigenvalue weighted by Gasteiger charge is 2.24. The number of aliphatic imine (C=N–C) groups is 3. The number of imide groups is 2. The molecule has 3 saturated heterocycles. The minimum atomic E-state index is -0.740. The summed E-state index contributed by atoms with van der Waals surface area (Å²) in [5.74, 6) is 2.56. The average molecular weight is 1330 g/mol. The van der Waals surface area contributed by atoms with Crippen LogP contribution in [-0.2, 0) is 45.1 Å². The van der Waals surface area contributed by atoms with Gasteiger partial charge in [-0.3, -0.25) is 49.6 Å². The van der Waals surface area contributed by atoms with Gasteiger partial charge in [0.15, 0.2) is 6.29 Å². The summed E-state index contributed by atoms with van der Waals surface area (Å²) in [6.45, 7) is 8.63. The zero-order chi connectivity index (χ0) is 63.4. The monoisotopic (exact) mass is 1320 g/mol. The van der Waals surface area contributed by atoms with Gasteiger partial charge in [0, 0.05) is 82.0 Å². The molecule has 0 bridgehead atoms. The van der Waals surface area contributed by atoms with Crippen LogP contribution in [-0.4, -0.2) is 185 Å². The van der Waals surface area contributed by atoms with Gasteiger partial charge in [0.1, 0.15) is 50.8 Å². The van der Waals surface area contributed by atoms with E-state index in [0.717, 1.165) is 62.3 Å². The highest BCUT2D eigenvalue weighted by atomic mass is 35.5. The molecule has 12 rings (SSSR count). The van der Waals surface area contributed by atoms with Crippen LogP contribution in [0.15, 0.2) is 51.4 Å². The molecule has 0 radical (unpaired) electrons. The van der Waals surface area contributed by atoms with Crippen molar-refractivity contribution in [2.24, 2.45) is 15.0 Å². The van der Waals surface area contributed by atoms with Crippen molar-refractivity contribution in [1.29, 1.82) is 0 Å². The Morgan fingerprint density at radius 2 is 1.03 bits per heavy atom. The normalized spacial score (nSPS) is 14.6. The maximum Gasteiger partial charge on any atom is 0.328 e. The fourth-order valence-electron chi connectivity index (χ4n) is 8.45. The Morgan fingerprint density at radius 1 is 0.591 bits per heavy atom. The number of anilines is 2. The van der Waals surface area contributed by atoms with Crippen molar-refractivity contribution in [3.05, 3.63) is 135 Å². The zero-order valence-corrected chi connectivity index (χ0v) is 52.2. The number of carbonyl (C=O) groups excluding carboxylic acids is 6. The van der Waals surface area contributed by atoms with Crippen LogP contribution < -0.4 is 30.7 Å². The summed E-state index contributed by atoms with van der Waals surface area (Å²) >= 11 is 33.3. The van der Waals surface area contributed by atoms with Crippen LogP contribution in [0.3, 0.4) is 0 Å². The molecule has 27 nitrogen and oxygen atoms in total. The van der Waals surface area contributed by atoms with Crippen molar-refractivity contribution >= 4 is 136 Å². The molecule has 4 aromatic heterocycles. The second-order valence-corrected chi connectivity index (χ2v) is 20.6. The first-order valence-electron chi connectivity index (χ1n) is 26.4. The predicted octanol–water partition coefficient (Wildman–Crippen LogP) is 6.81. The number of ether oxygens (including phenoxy) is 4. The number of morpholine rings is 2. The fraction of sp³-hybridized carbons (Fsp3) is 0.327. The molecule has 0 spiro atoms. The number of amides is 6. The summed E-state index contributed by atoms with van der Waals surface area (Å²) in [7, 11) is 6.86. The van der Waals surface area contributed by atoms with Crippen LogP contribution in [0.25, 0.3) is 0 Å². The van der Waals surface area contributed by atoms with Crippen LogP contribution in [0.1, 0.15) is 88.2 Å². The van der Waals surface area contributed by atoms with Gasteiger partial charge >= 0.3 is 6.03 Å². The first kappa shape index (κ1) is 67.4. The van der Waals surface area contributed by atoms with E-state index in [4.69, 9.17) is 88.6 Å². The molecular formula is C55H55Cl6N17O10. The Morgan fingerprint density at radius 3 is 1.53 bits per heavy atom. The number of fused-ring (bicyclic) bond motifs is 3. The van der Waals surface area contributed by atoms with Gasteiger partial charge in [0.2, 0.25) is 27.7 Å². The molecular weight excluding hydrogens is 1270 g/mol. The molecule has 2 aromatic carbocycles. The van der Waals surface area contributed by atoms with Gasteiger partial charge in [-0.05, 0) is 71.6 Å². The number of hydrogen-bond donors (Lipinski definition) is 4. The predicted molar refractivity (Wildman–Crippen MR) is 330 cm³/mol. The molecule has 6 aliphatic rings. The van der Waals surface area contributed by atoms with Crippen LogP contribution in [0, 0.1) is 6.92 Å². The second kappa shape index (κ2) is 32.7. The minimum absolute atomic E-state index is 0.00320. The van der Waals surface area contributed by atoms with E-state index in [-0.39, 0.29) is 50.0 Å². The van der Waals surface area contributed by atoms with Crippen molar-refractivity contribution in [3.63, 3.8) is 0 Å². The summed E-state index contributed by atoms with van der Waals surface area (Å²) in [5, 5.41) is 10.5. The quantitative estimate of drug-likeness (QED) is 0.0500. The smallest absolute Gasteiger partial charge is 0.328 e. The Labute approximate surface area is 533 Å². The van der Waals surface area contributed by atoms with Gasteiger partial charge < -0.3 is 39.4 Å². The summed E-state index contributed by atoms with van der Waals surface area (Å²) in [5.41, 5.74) is 8.60. The number of halogens is 6. The van der Waals surface area contributed by atoms with E-state index in [1.807, 2.05) is 53.8 Å². The molecule has 0 aliphatic carbocycles. The third kappa shape index (κ3) is 18.5. The Balaban J connectivity index is 0.000000159. The number of aromatic nitrogens is 8. The van der Waals surface area contributed by atoms with E-state index in [1.54, 1.807) is 56.9 Å². The fourth-order valence-corrected chi connectivity index (χ4v) is 9.84. The highest BCUT2D eigenvalue weighted by molar-refractivity contribution is 6.38. The first-order valence-corrected chi connectivity index (χ1v) is 28.7. The van der Waals surface area contributed by atoms with Crippen LogP contribution >= 0.6 is 69.6 Å². The molecule has 0 saturated carbocycles. The first-order chi connectivity index (χ1) is 42.3. The third-order valence-electron chi connectivity index (χ3n) is 12.8. The number of carbonyl (C=O) groups is 6. The highest BCUT2D eigenvalue weighted by Crippen LogP contribution is 2.28. The van der Waals surface area contributed by atoms with Crippen molar-refractivity contribution in [3.8, 4) is 11.5 Å². The SMILES string of the molecule is CNc1nc(Cc2ccc(C(=O)N3CCOCC3)cc2OC)nc2c1C=NC2.CNc1nc(Cl)nc2c1C=NC2.COc1cc(C(=O)N2CCOCC2)ccc1C.Clc1nc(Cl)c2c(n1)CN=C2.O=C1CC(=O)NC(=O)N1.O=Cc1c(Cl)nc(Cl)nc1Cl. The van der Waals surface area contributed by atoms with Crippen molar-refractivity contribution < 1.29 is 47.7 Å². The van der Waals surface area contributed by atoms with E-state index < -0.39 is 17.8 Å². The number of nitrogens with one attached hydrogen (secondary N) is 4. The van der Waals surface area contributed by atoms with Gasteiger partial charge in [0.05, 0.1) is 99.6 Å². The Kier molecular flexibility index (Phi) is 25.0. The van der Waals surface area contributed by atoms with Crippen LogP contribution in [0.2, 0.25) is 31.3 Å². The van der Waals surface area contributed by atoms with Gasteiger partial charge in [0.25, 0.3) is 11.8 Å². The minimum Gasteiger partial charge on any atom is -0.496 e. The lowest BCUT2D eigenvalue weighted by atomic mass is 10.1. The van der Waals surface area contributed by atoms with E-state index in [1.165, 1.54) is 0 Å². The topological polar surface area (TPSA) is 334 Å². The zero-order valence-electron chi connectivity index (χ0n) is 47.6. The molecule has 4 N–H and O–H groups in total. The number of urea groups is 1. The molecule has 6 amide bonds. The molecule has 0 unspecified atom stereocenters. The van der Waals surface area contributed by atoms with Crippen molar-refractivity contribution in [1.82, 2.24) is 60.3 Å². The number of aldehydes is 1. The van der Waals surface area contributed by atoms with Gasteiger partial charge in [-0.25, -0.2) is 44.7 Å². The second-order valence-electron chi connectivity index (χ2n) is 18.5. The molecule has 6 aromatic rings. The van der Waals surface area contributed by atoms with E-state index >= 15 is 0 Å². The standard InChI is InChI=1S/C20H23N5O3.C13H17NO3.C7H7ClN4.C6H3Cl2N3.C5HCl3N2O.C4H4N2O3/c1-21-19-15-11-22-12-16(15)23-18(24-19)10-13-3-4-14(9-17(13)27-2)20(26)25-5-7-28-8-6-25;1-10-3-4-11(9-12(10)16-2)13(15)14-5-7-17-8-6-14;1-9-6-4-2-10-3-5(4)11-7(8)12-6;7-5-3-1-9-2-4(3)10-6(8)11-5;6-3-2(1-11)4(7)10-5(8)9-3;7-2-1-3(8)6-4(9)5-2/h3-4,9,11H,5-8,10,12H2,1-2H3,(H,21,23,24);3-4,9H,5-8H2,1-2H3;2H,3H2,1H3,(H,9,11,12);1H,2H2;1H;1H2,(H2,5,6,7,8,9). The molecule has 3 fully saturated rings. The van der Waals surface area contributed by atoms with Crippen molar-refractivity contribution in [2.75, 3.05) is 91.6 Å². The number of rotatable bonds is 9. The number of hydrogen-bond acceptors (Lipinski definition) is 23. The summed E-state index contributed by atoms with van der Waals surface area (Å²) in [6.07, 6.45) is 5.95. The lowest BCUT2D eigenvalue weighted by molar-refractivity contribution is -0.129. The summed E-state index contributed by atoms with van der Waals surface area (Å²) < 4.78 is 21.3. The Bertz CT molecular complexity index is 3600. The third-order valence-corrected chi connectivity index (χ3v) is 14.2. The molecule has 88 heavy (non-hydrogen) atoms. The molecule has 462 valence electrons. The lowest BCUT2D eigenvalue weighted by Crippen LogP contribution is -2.49. The van der Waals surface area contributed by atoms with Gasteiger partial charge in [-0.15, -0.1) is 0 Å². The number of aryl methyl sites for hydroxylation is 1. The van der Waals surface area contributed by atoms with Gasteiger partial charge in [-0.1, -0.05) is 46.9 Å². The summed E-state index contributed by atoms with van der Waals surface area (Å²) in [6, 6.07) is 10.4. The lowest BCUT2D eigenvalue weighted by Gasteiger charge is -2.27. The summed E-state index contributed by atoms with van der Waals surface area (Å²) in [4.78, 5) is 114. The largest absolute Gasteiger partial charge is 0.496 e. The number of benzene rings is 2. The number of barbiturate groups is 1. The maximum atomic E-state index is 12.7. The van der Waals surface area contributed by atoms with Crippen molar-refractivity contribution in [2.45, 2.75) is 39.4 Å². The van der Waals surface area contributed by atoms with Crippen LogP contribution in [0.5, 0.6) is 11.5 Å². The number of nitrogens with zero attached hydrogens (tertiary/aromatic N) is 13. The molecule has 6 aliphatic heterocycles. The van der Waals surface area contributed by atoms with E-state index in [2.05, 4.69) is 65.5 Å². The number of methoxy groups -OCH3 is 2.